The third-order valence-electron chi connectivity index (χ3n) is 8.41. The van der Waals surface area contributed by atoms with Crippen molar-refractivity contribution in [3.8, 4) is 6.07 Å². The van der Waals surface area contributed by atoms with Crippen LogP contribution in [0.15, 0.2) is 59.5 Å². The van der Waals surface area contributed by atoms with Crippen molar-refractivity contribution in [1.82, 2.24) is 19.4 Å². The van der Waals surface area contributed by atoms with E-state index in [-0.39, 0.29) is 17.6 Å². The van der Waals surface area contributed by atoms with Crippen LogP contribution in [0.2, 0.25) is 0 Å². The smallest absolute Gasteiger partial charge is 0.364 e. The van der Waals surface area contributed by atoms with Crippen molar-refractivity contribution >= 4 is 16.7 Å². The molecular formula is C31H28F4N6O. The first-order valence-electron chi connectivity index (χ1n) is 13.9. The lowest BCUT2D eigenvalue weighted by Gasteiger charge is -2.49. The summed E-state index contributed by atoms with van der Waals surface area (Å²) in [5.41, 5.74) is 3.47. The molecule has 0 amide bonds. The quantitative estimate of drug-likeness (QED) is 0.294. The van der Waals surface area contributed by atoms with Crippen molar-refractivity contribution in [1.29, 1.82) is 5.26 Å². The fourth-order valence-corrected chi connectivity index (χ4v) is 6.36. The molecule has 1 saturated heterocycles. The van der Waals surface area contributed by atoms with E-state index >= 15 is 0 Å². The van der Waals surface area contributed by atoms with Gasteiger partial charge in [0.25, 0.3) is 5.56 Å². The Kier molecular flexibility index (Phi) is 6.97. The topological polar surface area (TPSA) is 78.0 Å². The standard InChI is InChI=1S/C31H28F4N6O/c1-3-24-17-40(26-13-27(42)39-11-10-20-12-23(14-36)38-28(26)30(20)39)18(2)16-41(24)29(19-4-7-22(32)8-5-19)25-9-6-21(15-37-25)31(33,34)35/h4-9,12-13,15,18,24,29H,3,10-11,16-17H2,1-2H3/t18-,24+,29?/m0/s1. The van der Waals surface area contributed by atoms with Gasteiger partial charge in [-0.3, -0.25) is 14.7 Å². The predicted molar refractivity (Wildman–Crippen MR) is 149 cm³/mol. The number of benzene rings is 1. The van der Waals surface area contributed by atoms with Crippen LogP contribution in [0.3, 0.4) is 0 Å². The molecule has 1 unspecified atom stereocenters. The summed E-state index contributed by atoms with van der Waals surface area (Å²) < 4.78 is 55.5. The average molecular weight is 577 g/mol. The van der Waals surface area contributed by atoms with Crippen LogP contribution in [-0.2, 0) is 19.1 Å². The van der Waals surface area contributed by atoms with Crippen molar-refractivity contribution in [2.45, 2.75) is 57.5 Å². The molecule has 1 aromatic carbocycles. The van der Waals surface area contributed by atoms with Gasteiger partial charge in [0.15, 0.2) is 0 Å². The number of hydrogen-bond acceptors (Lipinski definition) is 6. The van der Waals surface area contributed by atoms with Crippen LogP contribution >= 0.6 is 0 Å². The van der Waals surface area contributed by atoms with Crippen molar-refractivity contribution in [3.05, 3.63) is 99.0 Å². The monoisotopic (exact) mass is 576 g/mol. The lowest BCUT2D eigenvalue weighted by atomic mass is 9.94. The van der Waals surface area contributed by atoms with Crippen LogP contribution in [0.1, 0.15) is 54.4 Å². The van der Waals surface area contributed by atoms with Crippen molar-refractivity contribution < 1.29 is 17.6 Å². The molecule has 0 N–H and O–H groups in total. The number of halogens is 4. The molecule has 42 heavy (non-hydrogen) atoms. The number of hydrogen-bond donors (Lipinski definition) is 0. The molecule has 6 rings (SSSR count). The van der Waals surface area contributed by atoms with Crippen molar-refractivity contribution in [2.24, 2.45) is 0 Å². The van der Waals surface area contributed by atoms with E-state index < -0.39 is 23.6 Å². The van der Waals surface area contributed by atoms with Gasteiger partial charge in [-0.25, -0.2) is 9.37 Å². The van der Waals surface area contributed by atoms with Gasteiger partial charge in [0.05, 0.1) is 28.5 Å². The maximum absolute atomic E-state index is 13.9. The maximum atomic E-state index is 13.9. The van der Waals surface area contributed by atoms with E-state index in [0.29, 0.717) is 60.6 Å². The van der Waals surface area contributed by atoms with E-state index in [1.54, 1.807) is 28.8 Å². The molecule has 0 spiro atoms. The Morgan fingerprint density at radius 1 is 1.12 bits per heavy atom. The number of piperazine rings is 1. The Hall–Kier alpha value is -4.30. The number of aryl methyl sites for hydroxylation is 2. The highest BCUT2D eigenvalue weighted by molar-refractivity contribution is 5.92. The Morgan fingerprint density at radius 3 is 2.52 bits per heavy atom. The first-order chi connectivity index (χ1) is 20.1. The normalized spacial score (nSPS) is 19.7. The summed E-state index contributed by atoms with van der Waals surface area (Å²) in [4.78, 5) is 26.4. The Bertz CT molecular complexity index is 1740. The summed E-state index contributed by atoms with van der Waals surface area (Å²) >= 11 is 0. The lowest BCUT2D eigenvalue weighted by molar-refractivity contribution is -0.137. The zero-order chi connectivity index (χ0) is 29.8. The fraction of sp³-hybridized carbons (Fsp3) is 0.355. The van der Waals surface area contributed by atoms with Crippen molar-refractivity contribution in [2.75, 3.05) is 18.0 Å². The number of rotatable bonds is 5. The number of anilines is 1. The molecule has 2 aliphatic rings. The van der Waals surface area contributed by atoms with E-state index in [1.165, 1.54) is 18.2 Å². The summed E-state index contributed by atoms with van der Waals surface area (Å²) in [6.07, 6.45) is -2.32. The molecule has 216 valence electrons. The highest BCUT2D eigenvalue weighted by atomic mass is 19.4. The molecule has 2 aliphatic heterocycles. The summed E-state index contributed by atoms with van der Waals surface area (Å²) in [6, 6.07) is 13.1. The molecule has 3 atom stereocenters. The lowest BCUT2D eigenvalue weighted by Crippen LogP contribution is -2.58. The first kappa shape index (κ1) is 27.8. The predicted octanol–water partition coefficient (Wildman–Crippen LogP) is 5.46. The number of nitrogens with zero attached hydrogens (tertiary/aromatic N) is 6. The average Bonchev–Trinajstić information content (AvgIpc) is 3.41. The van der Waals surface area contributed by atoms with E-state index in [9.17, 15) is 27.6 Å². The summed E-state index contributed by atoms with van der Waals surface area (Å²) in [6.45, 7) is 5.58. The van der Waals surface area contributed by atoms with Gasteiger partial charge < -0.3 is 9.47 Å². The summed E-state index contributed by atoms with van der Waals surface area (Å²) in [7, 11) is 0. The van der Waals surface area contributed by atoms with Gasteiger partial charge in [-0.05, 0) is 61.2 Å². The van der Waals surface area contributed by atoms with Crippen LogP contribution in [0, 0.1) is 17.1 Å². The van der Waals surface area contributed by atoms with Crippen molar-refractivity contribution in [3.63, 3.8) is 0 Å². The number of alkyl halides is 3. The van der Waals surface area contributed by atoms with Gasteiger partial charge in [0.1, 0.15) is 23.1 Å². The van der Waals surface area contributed by atoms with Crippen LogP contribution < -0.4 is 10.5 Å². The maximum Gasteiger partial charge on any atom is 0.417 e. The summed E-state index contributed by atoms with van der Waals surface area (Å²) in [5.74, 6) is -0.411. The van der Waals surface area contributed by atoms with Crippen LogP contribution in [-0.4, -0.2) is 44.6 Å². The molecular weight excluding hydrogens is 548 g/mol. The Balaban J connectivity index is 1.42. The van der Waals surface area contributed by atoms with Gasteiger partial charge in [-0.2, -0.15) is 18.4 Å². The molecule has 4 aromatic rings. The minimum atomic E-state index is -4.51. The molecule has 5 heterocycles. The molecule has 1 fully saturated rings. The van der Waals surface area contributed by atoms with E-state index in [4.69, 9.17) is 0 Å². The number of pyridine rings is 3. The third kappa shape index (κ3) is 4.79. The molecule has 3 aromatic heterocycles. The molecule has 0 saturated carbocycles. The highest BCUT2D eigenvalue weighted by Gasteiger charge is 2.39. The van der Waals surface area contributed by atoms with Gasteiger partial charge >= 0.3 is 6.18 Å². The molecule has 0 radical (unpaired) electrons. The number of nitriles is 1. The van der Waals surface area contributed by atoms with Crippen LogP contribution in [0.4, 0.5) is 23.2 Å². The van der Waals surface area contributed by atoms with Crippen LogP contribution in [0.25, 0.3) is 11.0 Å². The highest BCUT2D eigenvalue weighted by Crippen LogP contribution is 2.38. The fourth-order valence-electron chi connectivity index (χ4n) is 6.36. The van der Waals surface area contributed by atoms with E-state index in [0.717, 1.165) is 23.3 Å². The summed E-state index contributed by atoms with van der Waals surface area (Å²) in [5, 5.41) is 9.62. The first-order valence-corrected chi connectivity index (χ1v) is 13.9. The zero-order valence-electron chi connectivity index (χ0n) is 23.1. The Morgan fingerprint density at radius 2 is 1.88 bits per heavy atom. The molecule has 11 heteroatoms. The second-order valence-electron chi connectivity index (χ2n) is 10.9. The third-order valence-corrected chi connectivity index (χ3v) is 8.41. The van der Waals surface area contributed by atoms with E-state index in [2.05, 4.69) is 25.8 Å². The zero-order valence-corrected chi connectivity index (χ0v) is 23.1. The van der Waals surface area contributed by atoms with Crippen LogP contribution in [0.5, 0.6) is 0 Å². The second kappa shape index (κ2) is 10.5. The molecule has 0 bridgehead atoms. The Labute approximate surface area is 239 Å². The molecule has 0 aliphatic carbocycles. The molecule has 7 nitrogen and oxygen atoms in total. The second-order valence-corrected chi connectivity index (χ2v) is 10.9. The number of aromatic nitrogens is 3. The largest absolute Gasteiger partial charge is 0.417 e. The SMILES string of the molecule is CC[C@@H]1CN(c2cc(=O)n3c4c(cc(C#N)nc24)CC3)[C@@H](C)CN1C(c1ccc(F)cc1)c1ccc(C(F)(F)F)cn1. The minimum Gasteiger partial charge on any atom is -0.364 e. The van der Waals surface area contributed by atoms with Gasteiger partial charge in [0.2, 0.25) is 0 Å². The van der Waals surface area contributed by atoms with E-state index in [1.807, 2.05) is 13.8 Å². The van der Waals surface area contributed by atoms with Gasteiger partial charge in [-0.15, -0.1) is 0 Å². The minimum absolute atomic E-state index is 0.0958. The van der Waals surface area contributed by atoms with Gasteiger partial charge in [0, 0.05) is 44.0 Å². The van der Waals surface area contributed by atoms with Gasteiger partial charge in [-0.1, -0.05) is 19.1 Å².